The summed E-state index contributed by atoms with van der Waals surface area (Å²) in [4.78, 5) is 12.0. The normalized spacial score (nSPS) is 16.7. The number of hydrogen-bond donors (Lipinski definition) is 3. The molecule has 1 fully saturated rings. The average molecular weight is 436 g/mol. The van der Waals surface area contributed by atoms with Gasteiger partial charge in [-0.25, -0.2) is 13.1 Å². The lowest BCUT2D eigenvalue weighted by Crippen LogP contribution is -2.34. The average Bonchev–Trinajstić information content (AvgIpc) is 2.68. The van der Waals surface area contributed by atoms with Crippen molar-refractivity contribution >= 4 is 28.3 Å². The van der Waals surface area contributed by atoms with Crippen molar-refractivity contribution in [1.29, 1.82) is 0 Å². The van der Waals surface area contributed by atoms with Crippen molar-refractivity contribution in [3.63, 3.8) is 0 Å². The van der Waals surface area contributed by atoms with E-state index in [2.05, 4.69) is 15.4 Å². The van der Waals surface area contributed by atoms with E-state index in [1.54, 1.807) is 0 Å². The van der Waals surface area contributed by atoms with Gasteiger partial charge in [-0.2, -0.15) is 0 Å². The van der Waals surface area contributed by atoms with Gasteiger partial charge in [0.2, 0.25) is 15.9 Å². The number of carbonyl (C=O) groups excluding carboxylic acids is 1. The predicted octanol–water partition coefficient (Wildman–Crippen LogP) is 1.30. The summed E-state index contributed by atoms with van der Waals surface area (Å²) < 4.78 is 37.4. The van der Waals surface area contributed by atoms with Gasteiger partial charge in [0.25, 0.3) is 0 Å². The summed E-state index contributed by atoms with van der Waals surface area (Å²) in [6.45, 7) is 2.73. The third kappa shape index (κ3) is 7.46. The molecule has 160 valence electrons. The first-order valence-corrected chi connectivity index (χ1v) is 10.6. The highest BCUT2D eigenvalue weighted by molar-refractivity contribution is 7.89. The molecule has 1 aliphatic heterocycles. The minimum Gasteiger partial charge on any atom is -0.493 e. The van der Waals surface area contributed by atoms with E-state index >= 15 is 0 Å². The van der Waals surface area contributed by atoms with Gasteiger partial charge in [-0.3, -0.25) is 4.79 Å². The Morgan fingerprint density at radius 2 is 1.96 bits per heavy atom. The number of methoxy groups -OCH3 is 2. The molecule has 3 N–H and O–H groups in total. The van der Waals surface area contributed by atoms with Gasteiger partial charge in [0, 0.05) is 25.6 Å². The third-order valence-corrected chi connectivity index (χ3v) is 6.04. The van der Waals surface area contributed by atoms with Crippen LogP contribution < -0.4 is 24.8 Å². The molecular weight excluding hydrogens is 406 g/mol. The fraction of sp³-hybridized carbons (Fsp3) is 0.611. The van der Waals surface area contributed by atoms with Crippen molar-refractivity contribution in [3.8, 4) is 11.5 Å². The van der Waals surface area contributed by atoms with E-state index in [0.717, 1.165) is 19.5 Å². The second-order valence-electron chi connectivity index (χ2n) is 6.52. The predicted molar refractivity (Wildman–Crippen MR) is 110 cm³/mol. The molecule has 1 heterocycles. The summed E-state index contributed by atoms with van der Waals surface area (Å²) in [5.41, 5.74) is 0. The molecule has 1 saturated heterocycles. The Kier molecular flexibility index (Phi) is 10.6. The Balaban J connectivity index is 0.00000392. The quantitative estimate of drug-likeness (QED) is 0.511. The van der Waals surface area contributed by atoms with E-state index in [0.29, 0.717) is 24.0 Å². The minimum atomic E-state index is -3.72. The van der Waals surface area contributed by atoms with E-state index in [-0.39, 0.29) is 36.2 Å². The van der Waals surface area contributed by atoms with Crippen LogP contribution in [0.3, 0.4) is 0 Å². The first-order valence-electron chi connectivity index (χ1n) is 9.15. The molecule has 0 spiro atoms. The maximum atomic E-state index is 12.4. The van der Waals surface area contributed by atoms with Crippen molar-refractivity contribution in [1.82, 2.24) is 15.4 Å². The molecule has 1 aliphatic rings. The van der Waals surface area contributed by atoms with Crippen LogP contribution in [-0.2, 0) is 14.8 Å². The largest absolute Gasteiger partial charge is 0.493 e. The third-order valence-electron chi connectivity index (χ3n) is 4.58. The van der Waals surface area contributed by atoms with Crippen molar-refractivity contribution < 1.29 is 22.7 Å². The molecule has 1 amide bonds. The topological polar surface area (TPSA) is 106 Å². The molecule has 10 heteroatoms. The summed E-state index contributed by atoms with van der Waals surface area (Å²) in [6.07, 6.45) is 3.40. The summed E-state index contributed by atoms with van der Waals surface area (Å²) in [6, 6.07) is 4.35. The van der Waals surface area contributed by atoms with Crippen LogP contribution in [0.4, 0.5) is 0 Å². The van der Waals surface area contributed by atoms with Crippen LogP contribution in [0.2, 0.25) is 0 Å². The maximum Gasteiger partial charge on any atom is 0.240 e. The van der Waals surface area contributed by atoms with Gasteiger partial charge in [-0.1, -0.05) is 0 Å². The number of hydrogen-bond acceptors (Lipinski definition) is 6. The molecule has 0 saturated carbocycles. The van der Waals surface area contributed by atoms with Crippen molar-refractivity contribution in [2.75, 3.05) is 40.4 Å². The standard InChI is InChI=1S/C18H29N3O5S.ClH/c1-25-16-6-5-15(12-17(16)26-2)27(23,24)21-11-8-18(22)20-10-7-14-4-3-9-19-13-14;/h5-6,12,14,19,21H,3-4,7-11,13H2,1-2H3,(H,20,22);1H. The highest BCUT2D eigenvalue weighted by atomic mass is 35.5. The Morgan fingerprint density at radius 1 is 1.21 bits per heavy atom. The molecule has 0 aromatic heterocycles. The van der Waals surface area contributed by atoms with Crippen LogP contribution in [-0.4, -0.2) is 54.7 Å². The lowest BCUT2D eigenvalue weighted by molar-refractivity contribution is -0.120. The highest BCUT2D eigenvalue weighted by Crippen LogP contribution is 2.29. The van der Waals surface area contributed by atoms with Crippen molar-refractivity contribution in [2.45, 2.75) is 30.6 Å². The molecule has 0 bridgehead atoms. The van der Waals surface area contributed by atoms with E-state index < -0.39 is 10.0 Å². The van der Waals surface area contributed by atoms with Gasteiger partial charge >= 0.3 is 0 Å². The smallest absolute Gasteiger partial charge is 0.240 e. The van der Waals surface area contributed by atoms with Gasteiger partial charge in [0.15, 0.2) is 11.5 Å². The molecule has 8 nitrogen and oxygen atoms in total. The van der Waals surface area contributed by atoms with Crippen molar-refractivity contribution in [3.05, 3.63) is 18.2 Å². The Labute approximate surface area is 173 Å². The van der Waals surface area contributed by atoms with Crippen LogP contribution >= 0.6 is 12.4 Å². The number of ether oxygens (including phenoxy) is 2. The summed E-state index contributed by atoms with van der Waals surface area (Å²) in [5.74, 6) is 1.22. The zero-order valence-electron chi connectivity index (χ0n) is 16.3. The number of nitrogens with one attached hydrogen (secondary N) is 3. The van der Waals surface area contributed by atoms with Crippen LogP contribution in [0, 0.1) is 5.92 Å². The van der Waals surface area contributed by atoms with Crippen LogP contribution in [0.15, 0.2) is 23.1 Å². The number of carbonyl (C=O) groups is 1. The van der Waals surface area contributed by atoms with Crippen LogP contribution in [0.5, 0.6) is 11.5 Å². The molecule has 0 aliphatic carbocycles. The first kappa shape index (κ1) is 24.5. The van der Waals surface area contributed by atoms with Gasteiger partial charge in [0.1, 0.15) is 0 Å². The zero-order valence-corrected chi connectivity index (χ0v) is 18.0. The molecule has 1 aromatic rings. The first-order chi connectivity index (χ1) is 13.0. The second-order valence-corrected chi connectivity index (χ2v) is 8.28. The SMILES string of the molecule is COc1ccc(S(=O)(=O)NCCC(=O)NCCC2CCCNC2)cc1OC.Cl. The fourth-order valence-corrected chi connectivity index (χ4v) is 4.09. The van der Waals surface area contributed by atoms with Crippen LogP contribution in [0.25, 0.3) is 0 Å². The molecule has 28 heavy (non-hydrogen) atoms. The second kappa shape index (κ2) is 12.1. The van der Waals surface area contributed by atoms with Crippen LogP contribution in [0.1, 0.15) is 25.7 Å². The van der Waals surface area contributed by atoms with E-state index in [9.17, 15) is 13.2 Å². The summed E-state index contributed by atoms with van der Waals surface area (Å²) >= 11 is 0. The molecular formula is C18H30ClN3O5S. The Bertz CT molecular complexity index is 724. The highest BCUT2D eigenvalue weighted by Gasteiger charge is 2.17. The van der Waals surface area contributed by atoms with Gasteiger partial charge in [-0.15, -0.1) is 12.4 Å². The number of halogens is 1. The number of benzene rings is 1. The number of amides is 1. The molecule has 0 radical (unpaired) electrons. The summed E-state index contributed by atoms with van der Waals surface area (Å²) in [7, 11) is -0.805. The fourth-order valence-electron chi connectivity index (χ4n) is 3.04. The molecule has 1 unspecified atom stereocenters. The lowest BCUT2D eigenvalue weighted by Gasteiger charge is -2.22. The lowest BCUT2D eigenvalue weighted by atomic mass is 9.96. The van der Waals surface area contributed by atoms with Crippen molar-refractivity contribution in [2.24, 2.45) is 5.92 Å². The van der Waals surface area contributed by atoms with E-state index in [1.165, 1.54) is 45.3 Å². The Morgan fingerprint density at radius 3 is 2.61 bits per heavy atom. The number of rotatable bonds is 10. The van der Waals surface area contributed by atoms with Gasteiger partial charge in [-0.05, 0) is 50.4 Å². The molecule has 1 atom stereocenters. The number of piperidine rings is 1. The zero-order chi connectivity index (χ0) is 19.7. The van der Waals surface area contributed by atoms with Gasteiger partial charge < -0.3 is 20.1 Å². The maximum absolute atomic E-state index is 12.4. The molecule has 1 aromatic carbocycles. The minimum absolute atomic E-state index is 0. The number of sulfonamides is 1. The van der Waals surface area contributed by atoms with Gasteiger partial charge in [0.05, 0.1) is 19.1 Å². The molecule has 2 rings (SSSR count). The Hall–Kier alpha value is -1.55. The van der Waals surface area contributed by atoms with E-state index in [1.807, 2.05) is 0 Å². The van der Waals surface area contributed by atoms with E-state index in [4.69, 9.17) is 9.47 Å². The summed E-state index contributed by atoms with van der Waals surface area (Å²) in [5, 5.41) is 6.20. The monoisotopic (exact) mass is 435 g/mol.